The van der Waals surface area contributed by atoms with Crippen molar-refractivity contribution in [2.24, 2.45) is 16.8 Å². The first-order valence-electron chi connectivity index (χ1n) is 14.3. The van der Waals surface area contributed by atoms with E-state index in [4.69, 9.17) is 4.99 Å². The Morgan fingerprint density at radius 1 is 1.03 bits per heavy atom. The Hall–Kier alpha value is -3.11. The number of halogens is 1. The van der Waals surface area contributed by atoms with Crippen LogP contribution in [0.5, 0.6) is 0 Å². The third-order valence-electron chi connectivity index (χ3n) is 8.20. The van der Waals surface area contributed by atoms with Crippen molar-refractivity contribution in [3.63, 3.8) is 0 Å². The zero-order valence-electron chi connectivity index (χ0n) is 23.0. The Labute approximate surface area is 227 Å². The molecule has 3 heterocycles. The van der Waals surface area contributed by atoms with Crippen molar-refractivity contribution in [2.45, 2.75) is 58.9 Å². The molecule has 0 N–H and O–H groups in total. The van der Waals surface area contributed by atoms with E-state index < -0.39 is 0 Å². The molecule has 4 heteroatoms. The van der Waals surface area contributed by atoms with Gasteiger partial charge in [0.25, 0.3) is 0 Å². The fourth-order valence-electron chi connectivity index (χ4n) is 5.83. The number of aliphatic imine (C=N–C) groups is 1. The van der Waals surface area contributed by atoms with Gasteiger partial charge in [-0.15, -0.1) is 0 Å². The molecule has 2 atom stereocenters. The molecule has 1 fully saturated rings. The van der Waals surface area contributed by atoms with E-state index in [-0.39, 0.29) is 5.82 Å². The first-order valence-corrected chi connectivity index (χ1v) is 14.3. The van der Waals surface area contributed by atoms with E-state index in [0.717, 1.165) is 35.5 Å². The van der Waals surface area contributed by atoms with Gasteiger partial charge in [0, 0.05) is 18.0 Å². The van der Waals surface area contributed by atoms with E-state index in [0.29, 0.717) is 23.2 Å². The predicted octanol–water partition coefficient (Wildman–Crippen LogP) is 7.99. The lowest BCUT2D eigenvalue weighted by molar-refractivity contribution is 0.182. The normalized spacial score (nSPS) is 22.9. The van der Waals surface area contributed by atoms with Gasteiger partial charge in [-0.25, -0.2) is 4.39 Å². The molecule has 2 aromatic rings. The molecule has 2 unspecified atom stereocenters. The lowest BCUT2D eigenvalue weighted by atomic mass is 9.87. The summed E-state index contributed by atoms with van der Waals surface area (Å²) in [6.45, 7) is 10.1. The Bertz CT molecular complexity index is 1290. The van der Waals surface area contributed by atoms with Crippen molar-refractivity contribution in [1.82, 2.24) is 9.88 Å². The fraction of sp³-hybridized carbons (Fsp3) is 0.412. The first-order chi connectivity index (χ1) is 18.5. The van der Waals surface area contributed by atoms with E-state index in [1.165, 1.54) is 56.1 Å². The van der Waals surface area contributed by atoms with Crippen LogP contribution in [0.15, 0.2) is 83.0 Å². The van der Waals surface area contributed by atoms with Crippen molar-refractivity contribution in [3.8, 4) is 11.3 Å². The van der Waals surface area contributed by atoms with Gasteiger partial charge in [-0.1, -0.05) is 49.8 Å². The second-order valence-electron chi connectivity index (χ2n) is 11.2. The lowest BCUT2D eigenvalue weighted by Crippen LogP contribution is -2.34. The standard InChI is InChI=1S/C34H40FN3/c1-4-38-16-13-26(14-17-38)20-31-10-9-29(23-37-31)27-7-5-6-24(2)18-30(21-27)28-12-15-36-34(22-28)32-19-25(3)8-11-33(32)35/h5,7-9,11-12,15,18-19,21-24,26,31H,4,6,10,13-14,16-17,20H2,1-3H3. The van der Waals surface area contributed by atoms with Gasteiger partial charge in [-0.3, -0.25) is 9.98 Å². The summed E-state index contributed by atoms with van der Waals surface area (Å²) in [5.41, 5.74) is 6.81. The molecule has 1 aromatic carbocycles. The summed E-state index contributed by atoms with van der Waals surface area (Å²) in [4.78, 5) is 12.1. The fourth-order valence-corrected chi connectivity index (χ4v) is 5.83. The molecule has 3 nitrogen and oxygen atoms in total. The molecule has 38 heavy (non-hydrogen) atoms. The second-order valence-corrected chi connectivity index (χ2v) is 11.2. The van der Waals surface area contributed by atoms with Gasteiger partial charge >= 0.3 is 0 Å². The molecule has 0 bridgehead atoms. The van der Waals surface area contributed by atoms with Gasteiger partial charge in [0.2, 0.25) is 0 Å². The van der Waals surface area contributed by atoms with Crippen molar-refractivity contribution in [2.75, 3.05) is 19.6 Å². The maximum atomic E-state index is 14.6. The van der Waals surface area contributed by atoms with Crippen molar-refractivity contribution < 1.29 is 4.39 Å². The molecule has 0 radical (unpaired) electrons. The Morgan fingerprint density at radius 3 is 2.63 bits per heavy atom. The summed E-state index contributed by atoms with van der Waals surface area (Å²) in [6.07, 6.45) is 21.1. The highest BCUT2D eigenvalue weighted by atomic mass is 19.1. The number of aryl methyl sites for hydroxylation is 1. The molecule has 1 saturated heterocycles. The number of aromatic nitrogens is 1. The van der Waals surface area contributed by atoms with Crippen LogP contribution in [0.2, 0.25) is 0 Å². The molecule has 0 amide bonds. The first kappa shape index (κ1) is 26.5. The largest absolute Gasteiger partial charge is 0.304 e. The topological polar surface area (TPSA) is 28.5 Å². The molecule has 5 rings (SSSR count). The Balaban J connectivity index is 1.35. The number of piperidine rings is 1. The van der Waals surface area contributed by atoms with Gasteiger partial charge in [0.05, 0.1) is 11.7 Å². The molecular weight excluding hydrogens is 469 g/mol. The number of pyridine rings is 1. The molecule has 1 aliphatic carbocycles. The maximum absolute atomic E-state index is 14.6. The van der Waals surface area contributed by atoms with Crippen LogP contribution in [0.4, 0.5) is 4.39 Å². The summed E-state index contributed by atoms with van der Waals surface area (Å²) < 4.78 is 14.6. The minimum absolute atomic E-state index is 0.242. The van der Waals surface area contributed by atoms with Crippen LogP contribution in [0, 0.1) is 24.6 Å². The zero-order valence-corrected chi connectivity index (χ0v) is 23.0. The van der Waals surface area contributed by atoms with Gasteiger partial charge < -0.3 is 4.90 Å². The summed E-state index contributed by atoms with van der Waals surface area (Å²) >= 11 is 0. The van der Waals surface area contributed by atoms with Crippen molar-refractivity contribution >= 4 is 11.8 Å². The van der Waals surface area contributed by atoms with E-state index in [1.807, 2.05) is 25.1 Å². The molecule has 1 aromatic heterocycles. The summed E-state index contributed by atoms with van der Waals surface area (Å²) in [7, 11) is 0. The molecule has 0 spiro atoms. The van der Waals surface area contributed by atoms with Crippen LogP contribution in [-0.4, -0.2) is 41.8 Å². The number of rotatable bonds is 6. The van der Waals surface area contributed by atoms with Crippen LogP contribution < -0.4 is 0 Å². The van der Waals surface area contributed by atoms with Crippen molar-refractivity contribution in [3.05, 3.63) is 95.0 Å². The van der Waals surface area contributed by atoms with E-state index in [2.05, 4.69) is 60.3 Å². The highest BCUT2D eigenvalue weighted by Gasteiger charge is 2.22. The van der Waals surface area contributed by atoms with Crippen LogP contribution in [0.25, 0.3) is 16.8 Å². The van der Waals surface area contributed by atoms with Crippen molar-refractivity contribution in [1.29, 1.82) is 0 Å². The van der Waals surface area contributed by atoms with Crippen LogP contribution in [0.1, 0.15) is 57.1 Å². The molecule has 0 saturated carbocycles. The smallest absolute Gasteiger partial charge is 0.132 e. The third kappa shape index (κ3) is 6.47. The van der Waals surface area contributed by atoms with Crippen LogP contribution in [-0.2, 0) is 0 Å². The minimum Gasteiger partial charge on any atom is -0.304 e. The summed E-state index contributed by atoms with van der Waals surface area (Å²) in [5, 5.41) is 0. The zero-order chi connectivity index (χ0) is 26.5. The van der Waals surface area contributed by atoms with Crippen LogP contribution in [0.3, 0.4) is 0 Å². The monoisotopic (exact) mass is 509 g/mol. The highest BCUT2D eigenvalue weighted by molar-refractivity contribution is 5.90. The quantitative estimate of drug-likeness (QED) is 0.395. The highest BCUT2D eigenvalue weighted by Crippen LogP contribution is 2.31. The number of dihydropyridines is 1. The van der Waals surface area contributed by atoms with Gasteiger partial charge in [0.15, 0.2) is 0 Å². The number of allylic oxidation sites excluding steroid dienone is 7. The number of likely N-dealkylation sites (tertiary alicyclic amines) is 1. The summed E-state index contributed by atoms with van der Waals surface area (Å²) in [5.74, 6) is 0.961. The third-order valence-corrected chi connectivity index (χ3v) is 8.20. The SMILES string of the molecule is CCN1CCC(CC2CC=C(C3=CC(c4ccnc(-c5cc(C)ccc5F)c4)=CC(C)CC=C3)C=N2)CC1. The molecular formula is C34H40FN3. The Kier molecular flexibility index (Phi) is 8.48. The summed E-state index contributed by atoms with van der Waals surface area (Å²) in [6, 6.07) is 9.62. The van der Waals surface area contributed by atoms with Gasteiger partial charge in [-0.05, 0) is 123 Å². The molecule has 2 aliphatic heterocycles. The molecule has 3 aliphatic rings. The van der Waals surface area contributed by atoms with E-state index in [9.17, 15) is 4.39 Å². The van der Waals surface area contributed by atoms with Crippen LogP contribution >= 0.6 is 0 Å². The average Bonchev–Trinajstić information content (AvgIpc) is 2.93. The lowest BCUT2D eigenvalue weighted by Gasteiger charge is -2.32. The number of hydrogen-bond acceptors (Lipinski definition) is 3. The Morgan fingerprint density at radius 2 is 1.87 bits per heavy atom. The van der Waals surface area contributed by atoms with Gasteiger partial charge in [0.1, 0.15) is 5.82 Å². The van der Waals surface area contributed by atoms with E-state index in [1.54, 1.807) is 12.3 Å². The minimum atomic E-state index is -0.242. The number of hydrogen-bond donors (Lipinski definition) is 0. The second kappa shape index (κ2) is 12.2. The average molecular weight is 510 g/mol. The maximum Gasteiger partial charge on any atom is 0.132 e. The number of benzene rings is 1. The molecule has 198 valence electrons. The number of nitrogens with zero attached hydrogens (tertiary/aromatic N) is 3. The predicted molar refractivity (Wildman–Crippen MR) is 158 cm³/mol. The van der Waals surface area contributed by atoms with Gasteiger partial charge in [-0.2, -0.15) is 0 Å². The van der Waals surface area contributed by atoms with E-state index >= 15 is 0 Å².